The number of benzene rings is 1. The molecule has 6 nitrogen and oxygen atoms in total. The van der Waals surface area contributed by atoms with Crippen molar-refractivity contribution in [1.82, 2.24) is 15.0 Å². The number of carbonyl (C=O) groups excluding carboxylic acids is 1. The molecule has 3 aromatic rings. The standard InChI is InChI=1S/C17H18ClN5O/c1-9-6-13-15(20-8-9)23-14(22-13)11-7-10(4-5-12(11)18)21-16(24)17(2,3)19/h4-8H,19H2,1-3H3,(H,21,24)(H,20,22,23). The molecule has 7 heteroatoms. The first kappa shape index (κ1) is 16.4. The molecule has 0 aliphatic heterocycles. The topological polar surface area (TPSA) is 96.7 Å². The molecule has 0 saturated carbocycles. The van der Waals surface area contributed by atoms with Crippen LogP contribution in [0.1, 0.15) is 19.4 Å². The second-order valence-electron chi connectivity index (χ2n) is 6.34. The average Bonchev–Trinajstić information content (AvgIpc) is 2.90. The summed E-state index contributed by atoms with van der Waals surface area (Å²) in [5, 5.41) is 3.31. The molecule has 1 amide bonds. The highest BCUT2D eigenvalue weighted by Gasteiger charge is 2.22. The second-order valence-corrected chi connectivity index (χ2v) is 6.75. The summed E-state index contributed by atoms with van der Waals surface area (Å²) in [5.41, 5.74) is 8.60. The Balaban J connectivity index is 2.00. The largest absolute Gasteiger partial charge is 0.337 e. The fraction of sp³-hybridized carbons (Fsp3) is 0.235. The van der Waals surface area contributed by atoms with Crippen molar-refractivity contribution in [1.29, 1.82) is 0 Å². The first-order valence-electron chi connectivity index (χ1n) is 7.46. The molecule has 0 spiro atoms. The van der Waals surface area contributed by atoms with Crippen LogP contribution < -0.4 is 11.1 Å². The summed E-state index contributed by atoms with van der Waals surface area (Å²) in [6.07, 6.45) is 1.76. The third-order valence-corrected chi connectivity index (χ3v) is 3.87. The van der Waals surface area contributed by atoms with E-state index < -0.39 is 5.54 Å². The molecule has 2 aromatic heterocycles. The minimum atomic E-state index is -0.972. The third kappa shape index (κ3) is 3.25. The van der Waals surface area contributed by atoms with Crippen molar-refractivity contribution in [2.45, 2.75) is 26.3 Å². The molecule has 4 N–H and O–H groups in total. The molecule has 124 valence electrons. The molecule has 0 saturated heterocycles. The predicted octanol–water partition coefficient (Wildman–Crippen LogP) is 3.26. The number of halogens is 1. The Hall–Kier alpha value is -2.44. The fourth-order valence-electron chi connectivity index (χ4n) is 2.21. The van der Waals surface area contributed by atoms with Gasteiger partial charge in [-0.05, 0) is 50.6 Å². The van der Waals surface area contributed by atoms with Crippen LogP contribution in [-0.2, 0) is 4.79 Å². The number of rotatable bonds is 3. The number of carbonyl (C=O) groups is 1. The number of H-pyrrole nitrogens is 1. The van der Waals surface area contributed by atoms with Gasteiger partial charge in [-0.3, -0.25) is 4.79 Å². The molecule has 2 heterocycles. The number of nitrogens with one attached hydrogen (secondary N) is 2. The van der Waals surface area contributed by atoms with E-state index in [1.54, 1.807) is 38.2 Å². The number of aromatic amines is 1. The van der Waals surface area contributed by atoms with Crippen LogP contribution >= 0.6 is 11.6 Å². The van der Waals surface area contributed by atoms with Gasteiger partial charge in [0.1, 0.15) is 5.82 Å². The van der Waals surface area contributed by atoms with Crippen molar-refractivity contribution in [3.8, 4) is 11.4 Å². The number of amides is 1. The van der Waals surface area contributed by atoms with Gasteiger partial charge in [-0.1, -0.05) is 11.6 Å². The van der Waals surface area contributed by atoms with Gasteiger partial charge in [0.15, 0.2) is 5.65 Å². The zero-order valence-electron chi connectivity index (χ0n) is 13.6. The SMILES string of the molecule is Cc1cnc2nc(-c3cc(NC(=O)C(C)(C)N)ccc3Cl)[nH]c2c1. The Labute approximate surface area is 144 Å². The maximum atomic E-state index is 12.0. The summed E-state index contributed by atoms with van der Waals surface area (Å²) in [5.74, 6) is 0.314. The van der Waals surface area contributed by atoms with Crippen molar-refractivity contribution < 1.29 is 4.79 Å². The Morgan fingerprint density at radius 1 is 1.33 bits per heavy atom. The van der Waals surface area contributed by atoms with E-state index in [4.69, 9.17) is 17.3 Å². The Morgan fingerprint density at radius 3 is 2.79 bits per heavy atom. The molecule has 0 bridgehead atoms. The molecule has 0 aliphatic carbocycles. The lowest BCUT2D eigenvalue weighted by molar-refractivity contribution is -0.120. The van der Waals surface area contributed by atoms with E-state index in [1.807, 2.05) is 13.0 Å². The molecule has 0 unspecified atom stereocenters. The van der Waals surface area contributed by atoms with E-state index in [2.05, 4.69) is 20.3 Å². The van der Waals surface area contributed by atoms with Gasteiger partial charge in [0.25, 0.3) is 0 Å². The summed E-state index contributed by atoms with van der Waals surface area (Å²) in [4.78, 5) is 24.0. The highest BCUT2D eigenvalue weighted by Crippen LogP contribution is 2.30. The van der Waals surface area contributed by atoms with Gasteiger partial charge in [-0.25, -0.2) is 9.97 Å². The van der Waals surface area contributed by atoms with Crippen LogP contribution in [0.4, 0.5) is 5.69 Å². The molecule has 0 aliphatic rings. The van der Waals surface area contributed by atoms with Gasteiger partial charge in [-0.2, -0.15) is 0 Å². The Kier molecular flexibility index (Phi) is 4.03. The van der Waals surface area contributed by atoms with Gasteiger partial charge in [0.05, 0.1) is 16.1 Å². The van der Waals surface area contributed by atoms with Crippen molar-refractivity contribution in [2.75, 3.05) is 5.32 Å². The number of hydrogen-bond donors (Lipinski definition) is 3. The molecule has 0 atom stereocenters. The van der Waals surface area contributed by atoms with Crippen LogP contribution in [0.25, 0.3) is 22.6 Å². The van der Waals surface area contributed by atoms with E-state index in [0.717, 1.165) is 11.1 Å². The van der Waals surface area contributed by atoms with E-state index in [0.29, 0.717) is 27.7 Å². The number of anilines is 1. The van der Waals surface area contributed by atoms with Gasteiger partial charge in [-0.15, -0.1) is 0 Å². The Morgan fingerprint density at radius 2 is 2.08 bits per heavy atom. The van der Waals surface area contributed by atoms with Crippen molar-refractivity contribution >= 4 is 34.4 Å². The van der Waals surface area contributed by atoms with E-state index in [9.17, 15) is 4.79 Å². The molecule has 0 fully saturated rings. The summed E-state index contributed by atoms with van der Waals surface area (Å²) in [6.45, 7) is 5.25. The summed E-state index contributed by atoms with van der Waals surface area (Å²) >= 11 is 6.30. The van der Waals surface area contributed by atoms with Gasteiger partial charge in [0.2, 0.25) is 5.91 Å². The number of nitrogens with two attached hydrogens (primary N) is 1. The first-order valence-corrected chi connectivity index (χ1v) is 7.84. The number of imidazole rings is 1. The fourth-order valence-corrected chi connectivity index (χ4v) is 2.42. The van der Waals surface area contributed by atoms with Crippen LogP contribution in [0.15, 0.2) is 30.5 Å². The van der Waals surface area contributed by atoms with Crippen molar-refractivity contribution in [3.05, 3.63) is 41.0 Å². The van der Waals surface area contributed by atoms with E-state index >= 15 is 0 Å². The van der Waals surface area contributed by atoms with E-state index in [1.165, 1.54) is 0 Å². The van der Waals surface area contributed by atoms with Crippen LogP contribution in [-0.4, -0.2) is 26.4 Å². The number of hydrogen-bond acceptors (Lipinski definition) is 4. The van der Waals surface area contributed by atoms with Crippen molar-refractivity contribution in [2.24, 2.45) is 5.73 Å². The summed E-state index contributed by atoms with van der Waals surface area (Å²) in [7, 11) is 0. The highest BCUT2D eigenvalue weighted by atomic mass is 35.5. The number of aryl methyl sites for hydroxylation is 1. The average molecular weight is 344 g/mol. The molecule has 1 aromatic carbocycles. The minimum absolute atomic E-state index is 0.280. The molecule has 3 rings (SSSR count). The zero-order valence-corrected chi connectivity index (χ0v) is 14.4. The van der Waals surface area contributed by atoms with Crippen LogP contribution in [0.5, 0.6) is 0 Å². The van der Waals surface area contributed by atoms with Gasteiger partial charge < -0.3 is 16.0 Å². The number of aromatic nitrogens is 3. The summed E-state index contributed by atoms with van der Waals surface area (Å²) < 4.78 is 0. The highest BCUT2D eigenvalue weighted by molar-refractivity contribution is 6.33. The number of pyridine rings is 1. The maximum Gasteiger partial charge on any atom is 0.243 e. The zero-order chi connectivity index (χ0) is 17.5. The lowest BCUT2D eigenvalue weighted by Gasteiger charge is -2.18. The smallest absolute Gasteiger partial charge is 0.243 e. The van der Waals surface area contributed by atoms with Gasteiger partial charge >= 0.3 is 0 Å². The monoisotopic (exact) mass is 343 g/mol. The number of fused-ring (bicyclic) bond motifs is 1. The minimum Gasteiger partial charge on any atom is -0.337 e. The molecule has 24 heavy (non-hydrogen) atoms. The molecular weight excluding hydrogens is 326 g/mol. The van der Waals surface area contributed by atoms with Gasteiger partial charge in [0, 0.05) is 17.4 Å². The third-order valence-electron chi connectivity index (χ3n) is 3.54. The van der Waals surface area contributed by atoms with Crippen molar-refractivity contribution in [3.63, 3.8) is 0 Å². The summed E-state index contributed by atoms with van der Waals surface area (Å²) in [6, 6.07) is 7.16. The quantitative estimate of drug-likeness (QED) is 0.680. The molecule has 0 radical (unpaired) electrons. The maximum absolute atomic E-state index is 12.0. The van der Waals surface area contributed by atoms with Crippen LogP contribution in [0.2, 0.25) is 5.02 Å². The first-order chi connectivity index (χ1) is 11.2. The number of nitrogens with zero attached hydrogens (tertiary/aromatic N) is 2. The second kappa shape index (κ2) is 5.89. The Bertz CT molecular complexity index is 926. The normalized spacial score (nSPS) is 11.7. The lowest BCUT2D eigenvalue weighted by Crippen LogP contribution is -2.45. The molecular formula is C17H18ClN5O. The van der Waals surface area contributed by atoms with Crippen LogP contribution in [0.3, 0.4) is 0 Å². The van der Waals surface area contributed by atoms with Crippen LogP contribution in [0, 0.1) is 6.92 Å². The predicted molar refractivity (Wildman–Crippen MR) is 96.0 cm³/mol. The lowest BCUT2D eigenvalue weighted by atomic mass is 10.1. The van der Waals surface area contributed by atoms with E-state index in [-0.39, 0.29) is 5.91 Å².